The van der Waals surface area contributed by atoms with E-state index in [-0.39, 0.29) is 0 Å². The zero-order chi connectivity index (χ0) is 12.5. The average molecular weight is 275 g/mol. The van der Waals surface area contributed by atoms with Gasteiger partial charge < -0.3 is 10.2 Å². The van der Waals surface area contributed by atoms with Crippen LogP contribution in [-0.2, 0) is 6.42 Å². The maximum atomic E-state index is 10.2. The highest BCUT2D eigenvalue weighted by molar-refractivity contribution is 6.42. The van der Waals surface area contributed by atoms with Crippen molar-refractivity contribution in [1.82, 2.24) is 0 Å². The molecule has 1 aromatic rings. The lowest BCUT2D eigenvalue weighted by Crippen LogP contribution is -2.40. The topological polar surface area (TPSA) is 40.5 Å². The van der Waals surface area contributed by atoms with Gasteiger partial charge in [-0.05, 0) is 30.5 Å². The Balaban J connectivity index is 2.07. The summed E-state index contributed by atoms with van der Waals surface area (Å²) in [6.45, 7) is 0. The van der Waals surface area contributed by atoms with Gasteiger partial charge in [0.2, 0.25) is 0 Å². The molecule has 1 aliphatic carbocycles. The largest absolute Gasteiger partial charge is 0.390 e. The molecule has 1 saturated carbocycles. The highest BCUT2D eigenvalue weighted by Crippen LogP contribution is 2.34. The van der Waals surface area contributed by atoms with Gasteiger partial charge in [-0.2, -0.15) is 0 Å². The molecule has 1 atom stereocenters. The maximum absolute atomic E-state index is 10.2. The van der Waals surface area contributed by atoms with Crippen molar-refractivity contribution in [3.05, 3.63) is 33.8 Å². The molecule has 2 N–H and O–H groups in total. The number of benzene rings is 1. The molecule has 0 bridgehead atoms. The van der Waals surface area contributed by atoms with Crippen LogP contribution in [0.1, 0.15) is 31.2 Å². The van der Waals surface area contributed by atoms with Crippen molar-refractivity contribution in [1.29, 1.82) is 0 Å². The Hall–Kier alpha value is -0.280. The summed E-state index contributed by atoms with van der Waals surface area (Å²) in [7, 11) is 0. The van der Waals surface area contributed by atoms with E-state index in [2.05, 4.69) is 0 Å². The van der Waals surface area contributed by atoms with E-state index in [0.717, 1.165) is 18.4 Å². The Kier molecular flexibility index (Phi) is 3.99. The van der Waals surface area contributed by atoms with Crippen LogP contribution in [-0.4, -0.2) is 21.9 Å². The number of aliphatic hydroxyl groups excluding tert-OH is 1. The van der Waals surface area contributed by atoms with Gasteiger partial charge in [0.15, 0.2) is 0 Å². The van der Waals surface area contributed by atoms with E-state index in [1.54, 1.807) is 12.1 Å². The highest BCUT2D eigenvalue weighted by Gasteiger charge is 2.38. The van der Waals surface area contributed by atoms with E-state index < -0.39 is 11.7 Å². The van der Waals surface area contributed by atoms with Crippen molar-refractivity contribution in [3.8, 4) is 0 Å². The van der Waals surface area contributed by atoms with Crippen molar-refractivity contribution in [2.75, 3.05) is 0 Å². The van der Waals surface area contributed by atoms with Crippen LogP contribution < -0.4 is 0 Å². The average Bonchev–Trinajstić information content (AvgIpc) is 2.72. The fourth-order valence-corrected chi connectivity index (χ4v) is 2.72. The van der Waals surface area contributed by atoms with Gasteiger partial charge in [0.05, 0.1) is 21.8 Å². The molecular weight excluding hydrogens is 259 g/mol. The summed E-state index contributed by atoms with van der Waals surface area (Å²) >= 11 is 11.7. The minimum absolute atomic E-state index is 0.410. The maximum Gasteiger partial charge on any atom is 0.0908 e. The third-order valence-electron chi connectivity index (χ3n) is 3.50. The zero-order valence-electron chi connectivity index (χ0n) is 9.50. The van der Waals surface area contributed by atoms with E-state index in [1.165, 1.54) is 0 Å². The molecule has 0 aromatic heterocycles. The number of halogens is 2. The number of hydrogen-bond donors (Lipinski definition) is 2. The minimum atomic E-state index is -0.924. The van der Waals surface area contributed by atoms with Gasteiger partial charge in [-0.25, -0.2) is 0 Å². The second kappa shape index (κ2) is 5.15. The molecule has 2 nitrogen and oxygen atoms in total. The summed E-state index contributed by atoms with van der Waals surface area (Å²) in [5, 5.41) is 21.3. The molecule has 0 aliphatic heterocycles. The quantitative estimate of drug-likeness (QED) is 0.889. The van der Waals surface area contributed by atoms with Gasteiger partial charge in [-0.1, -0.05) is 42.1 Å². The first kappa shape index (κ1) is 13.2. The summed E-state index contributed by atoms with van der Waals surface area (Å²) in [6, 6.07) is 5.28. The second-order valence-electron chi connectivity index (χ2n) is 4.78. The summed E-state index contributed by atoms with van der Waals surface area (Å²) in [5.41, 5.74) is -0.0289. The van der Waals surface area contributed by atoms with E-state index in [1.807, 2.05) is 6.07 Å². The summed E-state index contributed by atoms with van der Waals surface area (Å²) in [6.07, 6.45) is 2.99. The van der Waals surface area contributed by atoms with Gasteiger partial charge in [0.25, 0.3) is 0 Å². The lowest BCUT2D eigenvalue weighted by molar-refractivity contribution is -0.0689. The monoisotopic (exact) mass is 274 g/mol. The second-order valence-corrected chi connectivity index (χ2v) is 5.59. The van der Waals surface area contributed by atoms with Crippen LogP contribution in [0.25, 0.3) is 0 Å². The molecule has 0 amide bonds. The van der Waals surface area contributed by atoms with Crippen LogP contribution in [0.2, 0.25) is 10.0 Å². The Labute approximate surface area is 111 Å². The molecular formula is C13H16Cl2O2. The van der Waals surface area contributed by atoms with Gasteiger partial charge in [0, 0.05) is 6.42 Å². The molecule has 1 aliphatic rings. The lowest BCUT2D eigenvalue weighted by Gasteiger charge is -2.28. The van der Waals surface area contributed by atoms with E-state index in [0.29, 0.717) is 29.3 Å². The summed E-state index contributed by atoms with van der Waals surface area (Å²) < 4.78 is 0. The van der Waals surface area contributed by atoms with Gasteiger partial charge in [-0.3, -0.25) is 0 Å². The first-order valence-electron chi connectivity index (χ1n) is 5.86. The molecule has 0 spiro atoms. The van der Waals surface area contributed by atoms with E-state index >= 15 is 0 Å². The van der Waals surface area contributed by atoms with Crippen molar-refractivity contribution < 1.29 is 10.2 Å². The molecule has 1 fully saturated rings. The highest BCUT2D eigenvalue weighted by atomic mass is 35.5. The van der Waals surface area contributed by atoms with Crippen LogP contribution in [0.5, 0.6) is 0 Å². The summed E-state index contributed by atoms with van der Waals surface area (Å²) in [5.74, 6) is 0. The van der Waals surface area contributed by atoms with Gasteiger partial charge in [0.1, 0.15) is 0 Å². The third-order valence-corrected chi connectivity index (χ3v) is 4.24. The number of hydrogen-bond acceptors (Lipinski definition) is 2. The first-order valence-corrected chi connectivity index (χ1v) is 6.61. The van der Waals surface area contributed by atoms with Crippen molar-refractivity contribution in [2.45, 2.75) is 43.8 Å². The number of rotatable bonds is 3. The lowest BCUT2D eigenvalue weighted by atomic mass is 9.90. The molecule has 4 heteroatoms. The zero-order valence-corrected chi connectivity index (χ0v) is 11.0. The number of aliphatic hydroxyl groups is 2. The Morgan fingerprint density at radius 3 is 2.41 bits per heavy atom. The van der Waals surface area contributed by atoms with Crippen LogP contribution in [0.3, 0.4) is 0 Å². The van der Waals surface area contributed by atoms with Crippen LogP contribution in [0.15, 0.2) is 18.2 Å². The van der Waals surface area contributed by atoms with E-state index in [9.17, 15) is 10.2 Å². The molecule has 0 radical (unpaired) electrons. The predicted octanol–water partition coefficient (Wildman–Crippen LogP) is 3.20. The van der Waals surface area contributed by atoms with Crippen molar-refractivity contribution in [3.63, 3.8) is 0 Å². The van der Waals surface area contributed by atoms with E-state index in [4.69, 9.17) is 23.2 Å². The normalized spacial score (nSPS) is 20.5. The van der Waals surface area contributed by atoms with Crippen LogP contribution in [0, 0.1) is 0 Å². The van der Waals surface area contributed by atoms with Gasteiger partial charge >= 0.3 is 0 Å². The predicted molar refractivity (Wildman–Crippen MR) is 69.6 cm³/mol. The Morgan fingerprint density at radius 2 is 1.82 bits per heavy atom. The minimum Gasteiger partial charge on any atom is -0.390 e. The Bertz CT molecular complexity index is 400. The van der Waals surface area contributed by atoms with Gasteiger partial charge in [-0.15, -0.1) is 0 Å². The smallest absolute Gasteiger partial charge is 0.0908 e. The fraction of sp³-hybridized carbons (Fsp3) is 0.538. The van der Waals surface area contributed by atoms with Crippen molar-refractivity contribution >= 4 is 23.2 Å². The Morgan fingerprint density at radius 1 is 1.18 bits per heavy atom. The standard InChI is InChI=1S/C13H16Cl2O2/c14-10-4-3-9(7-11(10)15)8-12(16)13(17)5-1-2-6-13/h3-4,7,12,16-17H,1-2,5-6,8H2. The third kappa shape index (κ3) is 2.94. The molecule has 0 saturated heterocycles. The molecule has 0 heterocycles. The fourth-order valence-electron chi connectivity index (χ4n) is 2.40. The summed E-state index contributed by atoms with van der Waals surface area (Å²) in [4.78, 5) is 0. The molecule has 2 rings (SSSR count). The van der Waals surface area contributed by atoms with Crippen molar-refractivity contribution in [2.24, 2.45) is 0 Å². The molecule has 1 aromatic carbocycles. The SMILES string of the molecule is OC(Cc1ccc(Cl)c(Cl)c1)C1(O)CCCC1. The molecule has 94 valence electrons. The molecule has 17 heavy (non-hydrogen) atoms. The van der Waals surface area contributed by atoms with Crippen LogP contribution >= 0.6 is 23.2 Å². The van der Waals surface area contributed by atoms with Crippen LogP contribution in [0.4, 0.5) is 0 Å². The molecule has 1 unspecified atom stereocenters. The first-order chi connectivity index (χ1) is 8.01.